The van der Waals surface area contributed by atoms with Crippen LogP contribution in [0.25, 0.3) is 0 Å². The Morgan fingerprint density at radius 2 is 2.19 bits per heavy atom. The maximum absolute atomic E-state index is 11.2. The molecule has 0 unspecified atom stereocenters. The topological polar surface area (TPSA) is 75.6 Å². The quantitative estimate of drug-likeness (QED) is 0.641. The molecule has 0 spiro atoms. The van der Waals surface area contributed by atoms with Crippen molar-refractivity contribution in [1.29, 1.82) is 0 Å². The van der Waals surface area contributed by atoms with Gasteiger partial charge in [0.05, 0.1) is 6.61 Å². The van der Waals surface area contributed by atoms with Crippen LogP contribution in [0, 0.1) is 0 Å². The monoisotopic (exact) mass is 249 g/mol. The van der Waals surface area contributed by atoms with Crippen molar-refractivity contribution in [2.24, 2.45) is 0 Å². The highest BCUT2D eigenvalue weighted by Crippen LogP contribution is 2.01. The Morgan fingerprint density at radius 3 is 2.69 bits per heavy atom. The summed E-state index contributed by atoms with van der Waals surface area (Å²) in [7, 11) is 0. The first-order valence-electron chi connectivity index (χ1n) is 5.26. The van der Waals surface area contributed by atoms with Crippen molar-refractivity contribution in [3.8, 4) is 0 Å². The fourth-order valence-corrected chi connectivity index (χ4v) is 1.46. The molecule has 5 nitrogen and oxygen atoms in total. The average Bonchev–Trinajstić information content (AvgIpc) is 2.24. The Bertz CT molecular complexity index is 223. The lowest BCUT2D eigenvalue weighted by Gasteiger charge is -2.13. The molecule has 0 heterocycles. The number of aliphatic carboxylic acids is 1. The first-order valence-corrected chi connectivity index (χ1v) is 6.66. The van der Waals surface area contributed by atoms with E-state index in [1.165, 1.54) is 0 Å². The van der Waals surface area contributed by atoms with E-state index in [2.05, 4.69) is 5.32 Å². The molecule has 0 saturated heterocycles. The SMILES string of the molecule is CCCCOC(=O)N[C@H](CCSC)C(=O)O. The highest BCUT2D eigenvalue weighted by molar-refractivity contribution is 7.98. The minimum Gasteiger partial charge on any atom is -0.480 e. The molecule has 0 aromatic carbocycles. The highest BCUT2D eigenvalue weighted by Gasteiger charge is 2.19. The van der Waals surface area contributed by atoms with Gasteiger partial charge in [-0.1, -0.05) is 13.3 Å². The van der Waals surface area contributed by atoms with E-state index >= 15 is 0 Å². The number of rotatable bonds is 8. The molecule has 0 aliphatic rings. The number of thioether (sulfide) groups is 1. The number of carboxylic acids is 1. The maximum atomic E-state index is 11.2. The number of amides is 1. The Morgan fingerprint density at radius 1 is 1.50 bits per heavy atom. The van der Waals surface area contributed by atoms with E-state index in [9.17, 15) is 9.59 Å². The summed E-state index contributed by atoms with van der Waals surface area (Å²) >= 11 is 1.54. The van der Waals surface area contributed by atoms with Gasteiger partial charge in [0.2, 0.25) is 0 Å². The molecular formula is C10H19NO4S. The van der Waals surface area contributed by atoms with Crippen LogP contribution in [-0.2, 0) is 9.53 Å². The summed E-state index contributed by atoms with van der Waals surface area (Å²) in [6, 6.07) is -0.860. The zero-order chi connectivity index (χ0) is 12.4. The van der Waals surface area contributed by atoms with Crippen molar-refractivity contribution in [3.05, 3.63) is 0 Å². The van der Waals surface area contributed by atoms with E-state index in [-0.39, 0.29) is 0 Å². The van der Waals surface area contributed by atoms with Gasteiger partial charge in [-0.15, -0.1) is 0 Å². The minimum absolute atomic E-state index is 0.331. The average molecular weight is 249 g/mol. The van der Waals surface area contributed by atoms with Crippen molar-refractivity contribution >= 4 is 23.8 Å². The molecular weight excluding hydrogens is 230 g/mol. The lowest BCUT2D eigenvalue weighted by atomic mass is 10.2. The summed E-state index contributed by atoms with van der Waals surface area (Å²) in [5, 5.41) is 11.2. The van der Waals surface area contributed by atoms with Gasteiger partial charge < -0.3 is 15.2 Å². The summed E-state index contributed by atoms with van der Waals surface area (Å²) < 4.78 is 4.82. The number of nitrogens with one attached hydrogen (secondary N) is 1. The largest absolute Gasteiger partial charge is 0.480 e. The normalized spacial score (nSPS) is 11.9. The van der Waals surface area contributed by atoms with Crippen LogP contribution in [0.5, 0.6) is 0 Å². The molecule has 0 aliphatic heterocycles. The molecule has 2 N–H and O–H groups in total. The zero-order valence-electron chi connectivity index (χ0n) is 9.69. The molecule has 0 rings (SSSR count). The summed E-state index contributed by atoms with van der Waals surface area (Å²) in [6.07, 6.45) is 3.36. The molecule has 6 heteroatoms. The Labute approximate surface area is 99.9 Å². The number of alkyl carbamates (subject to hydrolysis) is 1. The maximum Gasteiger partial charge on any atom is 0.407 e. The van der Waals surface area contributed by atoms with Crippen LogP contribution in [0.1, 0.15) is 26.2 Å². The van der Waals surface area contributed by atoms with Gasteiger partial charge in [-0.2, -0.15) is 11.8 Å². The van der Waals surface area contributed by atoms with Gasteiger partial charge in [0.25, 0.3) is 0 Å². The summed E-state index contributed by atoms with van der Waals surface area (Å²) in [5.74, 6) is -0.340. The van der Waals surface area contributed by atoms with Crippen molar-refractivity contribution in [2.75, 3.05) is 18.6 Å². The van der Waals surface area contributed by atoms with Gasteiger partial charge in [-0.3, -0.25) is 0 Å². The van der Waals surface area contributed by atoms with Gasteiger partial charge in [-0.25, -0.2) is 9.59 Å². The first kappa shape index (κ1) is 15.1. The third kappa shape index (κ3) is 7.39. The standard InChI is InChI=1S/C10H19NO4S/c1-3-4-6-15-10(14)11-8(9(12)13)5-7-16-2/h8H,3-7H2,1-2H3,(H,11,14)(H,12,13)/t8-/m1/s1. The van der Waals surface area contributed by atoms with Gasteiger partial charge in [0.15, 0.2) is 0 Å². The molecule has 0 radical (unpaired) electrons. The third-order valence-corrected chi connectivity index (χ3v) is 2.58. The molecule has 0 fully saturated rings. The Kier molecular flexibility index (Phi) is 8.80. The predicted octanol–water partition coefficient (Wildman–Crippen LogP) is 1.72. The van der Waals surface area contributed by atoms with Crippen LogP contribution in [0.2, 0.25) is 0 Å². The van der Waals surface area contributed by atoms with Crippen molar-refractivity contribution < 1.29 is 19.4 Å². The van der Waals surface area contributed by atoms with Crippen LogP contribution >= 0.6 is 11.8 Å². The number of carbonyl (C=O) groups is 2. The smallest absolute Gasteiger partial charge is 0.407 e. The molecule has 1 atom stereocenters. The van der Waals surface area contributed by atoms with Gasteiger partial charge in [0.1, 0.15) is 6.04 Å². The second-order valence-electron chi connectivity index (χ2n) is 3.31. The van der Waals surface area contributed by atoms with E-state index in [0.29, 0.717) is 18.8 Å². The Hall–Kier alpha value is -0.910. The number of hydrogen-bond acceptors (Lipinski definition) is 4. The molecule has 0 saturated carbocycles. The molecule has 0 aliphatic carbocycles. The highest BCUT2D eigenvalue weighted by atomic mass is 32.2. The van der Waals surface area contributed by atoms with E-state index < -0.39 is 18.1 Å². The summed E-state index contributed by atoms with van der Waals surface area (Å²) in [5.41, 5.74) is 0. The number of hydrogen-bond donors (Lipinski definition) is 2. The summed E-state index contributed by atoms with van der Waals surface area (Å²) in [4.78, 5) is 22.0. The van der Waals surface area contributed by atoms with E-state index in [0.717, 1.165) is 12.8 Å². The minimum atomic E-state index is -1.03. The van der Waals surface area contributed by atoms with E-state index in [4.69, 9.17) is 9.84 Å². The number of ether oxygens (including phenoxy) is 1. The number of unbranched alkanes of at least 4 members (excludes halogenated alkanes) is 1. The predicted molar refractivity (Wildman–Crippen MR) is 63.8 cm³/mol. The van der Waals surface area contributed by atoms with Gasteiger partial charge in [-0.05, 0) is 24.9 Å². The fraction of sp³-hybridized carbons (Fsp3) is 0.800. The van der Waals surface area contributed by atoms with Crippen molar-refractivity contribution in [2.45, 2.75) is 32.2 Å². The van der Waals surface area contributed by atoms with Crippen LogP contribution in [0.15, 0.2) is 0 Å². The van der Waals surface area contributed by atoms with Gasteiger partial charge in [0, 0.05) is 0 Å². The lowest BCUT2D eigenvalue weighted by molar-refractivity contribution is -0.139. The second kappa shape index (κ2) is 9.33. The lowest BCUT2D eigenvalue weighted by Crippen LogP contribution is -2.41. The number of carboxylic acid groups (broad SMARTS) is 1. The fourth-order valence-electron chi connectivity index (χ4n) is 0.986. The molecule has 0 aromatic rings. The molecule has 16 heavy (non-hydrogen) atoms. The third-order valence-electron chi connectivity index (χ3n) is 1.93. The summed E-state index contributed by atoms with van der Waals surface area (Å²) in [6.45, 7) is 2.32. The van der Waals surface area contributed by atoms with E-state index in [1.54, 1.807) is 11.8 Å². The Balaban J connectivity index is 3.88. The first-order chi connectivity index (χ1) is 7.61. The van der Waals surface area contributed by atoms with Crippen LogP contribution in [0.4, 0.5) is 4.79 Å². The van der Waals surface area contributed by atoms with Crippen LogP contribution < -0.4 is 5.32 Å². The van der Waals surface area contributed by atoms with E-state index in [1.807, 2.05) is 13.2 Å². The van der Waals surface area contributed by atoms with Crippen molar-refractivity contribution in [1.82, 2.24) is 5.32 Å². The molecule has 1 amide bonds. The molecule has 94 valence electrons. The molecule has 0 bridgehead atoms. The van der Waals surface area contributed by atoms with Crippen LogP contribution in [-0.4, -0.2) is 41.8 Å². The second-order valence-corrected chi connectivity index (χ2v) is 4.29. The number of carbonyl (C=O) groups excluding carboxylic acids is 1. The van der Waals surface area contributed by atoms with Crippen LogP contribution in [0.3, 0.4) is 0 Å². The molecule has 0 aromatic heterocycles. The van der Waals surface area contributed by atoms with Gasteiger partial charge >= 0.3 is 12.1 Å². The zero-order valence-corrected chi connectivity index (χ0v) is 10.5. The van der Waals surface area contributed by atoms with Crippen molar-refractivity contribution in [3.63, 3.8) is 0 Å².